The standard InChI is InChI=1S/C11H15NO5/c1-16-10-3-7(2-8(12)4-10)11(15)17-6-9(14)5-13/h2-4,9,13-14H,5-6,12H2,1H3. The van der Waals surface area contributed by atoms with Crippen LogP contribution in [0.1, 0.15) is 10.4 Å². The molecule has 0 fully saturated rings. The topological polar surface area (TPSA) is 102 Å². The van der Waals surface area contributed by atoms with Gasteiger partial charge in [0.1, 0.15) is 18.5 Å². The molecule has 0 aromatic heterocycles. The first-order valence-electron chi connectivity index (χ1n) is 4.97. The summed E-state index contributed by atoms with van der Waals surface area (Å²) in [6.07, 6.45) is -1.08. The van der Waals surface area contributed by atoms with Crippen molar-refractivity contribution >= 4 is 11.7 Å². The number of ether oxygens (including phenoxy) is 2. The Kier molecular flexibility index (Phi) is 4.74. The largest absolute Gasteiger partial charge is 0.497 e. The fourth-order valence-electron chi connectivity index (χ4n) is 1.17. The molecule has 0 bridgehead atoms. The van der Waals surface area contributed by atoms with Gasteiger partial charge < -0.3 is 25.4 Å². The van der Waals surface area contributed by atoms with Crippen LogP contribution in [-0.4, -0.2) is 42.6 Å². The third-order valence-corrected chi connectivity index (χ3v) is 2.02. The lowest BCUT2D eigenvalue weighted by Crippen LogP contribution is -2.22. The maximum Gasteiger partial charge on any atom is 0.338 e. The summed E-state index contributed by atoms with van der Waals surface area (Å²) in [6.45, 7) is -0.736. The van der Waals surface area contributed by atoms with E-state index in [1.165, 1.54) is 19.2 Å². The van der Waals surface area contributed by atoms with Gasteiger partial charge in [0.05, 0.1) is 19.3 Å². The Bertz CT molecular complexity index is 393. The zero-order chi connectivity index (χ0) is 12.8. The molecule has 4 N–H and O–H groups in total. The van der Waals surface area contributed by atoms with Crippen molar-refractivity contribution in [2.45, 2.75) is 6.10 Å². The van der Waals surface area contributed by atoms with Crippen LogP contribution in [0.5, 0.6) is 5.75 Å². The number of anilines is 1. The SMILES string of the molecule is COc1cc(N)cc(C(=O)OCC(O)CO)c1. The molecule has 1 rings (SSSR count). The highest BCUT2D eigenvalue weighted by atomic mass is 16.5. The molecule has 1 unspecified atom stereocenters. The van der Waals surface area contributed by atoms with Gasteiger partial charge in [-0.15, -0.1) is 0 Å². The number of hydrogen-bond acceptors (Lipinski definition) is 6. The molecule has 0 radical (unpaired) electrons. The molecule has 0 saturated carbocycles. The first-order chi connectivity index (χ1) is 8.06. The molecule has 0 spiro atoms. The zero-order valence-electron chi connectivity index (χ0n) is 9.42. The van der Waals surface area contributed by atoms with Crippen molar-refractivity contribution in [2.24, 2.45) is 0 Å². The summed E-state index contributed by atoms with van der Waals surface area (Å²) < 4.78 is 9.73. The van der Waals surface area contributed by atoms with Crippen LogP contribution < -0.4 is 10.5 Å². The molecule has 0 aliphatic rings. The summed E-state index contributed by atoms with van der Waals surface area (Å²) in [7, 11) is 1.46. The van der Waals surface area contributed by atoms with Gasteiger partial charge in [-0.2, -0.15) is 0 Å². The zero-order valence-corrected chi connectivity index (χ0v) is 9.42. The van der Waals surface area contributed by atoms with Crippen LogP contribution in [0.2, 0.25) is 0 Å². The second-order valence-corrected chi connectivity index (χ2v) is 3.43. The van der Waals surface area contributed by atoms with Crippen LogP contribution in [0.25, 0.3) is 0 Å². The number of carbonyl (C=O) groups is 1. The fourth-order valence-corrected chi connectivity index (χ4v) is 1.17. The average Bonchev–Trinajstić information content (AvgIpc) is 2.34. The minimum Gasteiger partial charge on any atom is -0.497 e. The lowest BCUT2D eigenvalue weighted by atomic mass is 10.2. The number of aliphatic hydroxyl groups is 2. The van der Waals surface area contributed by atoms with E-state index in [0.29, 0.717) is 11.4 Å². The molecule has 1 aromatic rings. The molecule has 6 nitrogen and oxygen atoms in total. The number of hydrogen-bond donors (Lipinski definition) is 3. The summed E-state index contributed by atoms with van der Waals surface area (Å²) in [5.41, 5.74) is 6.18. The fraction of sp³-hybridized carbons (Fsp3) is 0.364. The van der Waals surface area contributed by atoms with Gasteiger partial charge in [0.2, 0.25) is 0 Å². The van der Waals surface area contributed by atoms with Crippen LogP contribution in [0.4, 0.5) is 5.69 Å². The number of rotatable bonds is 5. The quantitative estimate of drug-likeness (QED) is 0.487. The van der Waals surface area contributed by atoms with Crippen LogP contribution >= 0.6 is 0 Å². The van der Waals surface area contributed by atoms with Crippen molar-refractivity contribution in [1.29, 1.82) is 0 Å². The maximum atomic E-state index is 11.6. The Hall–Kier alpha value is -1.79. The number of esters is 1. The number of methoxy groups -OCH3 is 1. The van der Waals surface area contributed by atoms with Crippen molar-refractivity contribution in [2.75, 3.05) is 26.1 Å². The van der Waals surface area contributed by atoms with Crippen molar-refractivity contribution in [3.8, 4) is 5.75 Å². The number of carbonyl (C=O) groups excluding carboxylic acids is 1. The van der Waals surface area contributed by atoms with E-state index in [1.807, 2.05) is 0 Å². The van der Waals surface area contributed by atoms with Crippen LogP contribution in [0.3, 0.4) is 0 Å². The van der Waals surface area contributed by atoms with Crippen LogP contribution in [0, 0.1) is 0 Å². The smallest absolute Gasteiger partial charge is 0.338 e. The van der Waals surface area contributed by atoms with Gasteiger partial charge in [-0.1, -0.05) is 0 Å². The van der Waals surface area contributed by atoms with Gasteiger partial charge in [-0.3, -0.25) is 0 Å². The molecule has 0 aliphatic heterocycles. The summed E-state index contributed by atoms with van der Waals surface area (Å²) in [4.78, 5) is 11.6. The molecular weight excluding hydrogens is 226 g/mol. The summed E-state index contributed by atoms with van der Waals surface area (Å²) >= 11 is 0. The number of aliphatic hydroxyl groups excluding tert-OH is 2. The minimum atomic E-state index is -1.08. The highest BCUT2D eigenvalue weighted by Gasteiger charge is 2.12. The molecule has 17 heavy (non-hydrogen) atoms. The monoisotopic (exact) mass is 241 g/mol. The predicted octanol–water partition coefficient (Wildman–Crippen LogP) is -0.213. The van der Waals surface area contributed by atoms with Crippen LogP contribution in [0.15, 0.2) is 18.2 Å². The Morgan fingerprint density at radius 3 is 2.76 bits per heavy atom. The molecule has 94 valence electrons. The molecule has 0 heterocycles. The van der Waals surface area contributed by atoms with Gasteiger partial charge in [0, 0.05) is 11.8 Å². The van der Waals surface area contributed by atoms with Crippen molar-refractivity contribution in [1.82, 2.24) is 0 Å². The molecular formula is C11H15NO5. The van der Waals surface area contributed by atoms with E-state index >= 15 is 0 Å². The molecule has 1 aromatic carbocycles. The van der Waals surface area contributed by atoms with Gasteiger partial charge in [-0.25, -0.2) is 4.79 Å². The van der Waals surface area contributed by atoms with E-state index in [9.17, 15) is 4.79 Å². The van der Waals surface area contributed by atoms with E-state index in [1.54, 1.807) is 6.07 Å². The van der Waals surface area contributed by atoms with E-state index in [4.69, 9.17) is 25.4 Å². The van der Waals surface area contributed by atoms with Gasteiger partial charge in [-0.05, 0) is 12.1 Å². The number of nitrogen functional groups attached to an aromatic ring is 1. The van der Waals surface area contributed by atoms with Gasteiger partial charge >= 0.3 is 5.97 Å². The average molecular weight is 241 g/mol. The Morgan fingerprint density at radius 2 is 2.18 bits per heavy atom. The molecule has 0 aliphatic carbocycles. The third kappa shape index (κ3) is 3.93. The Morgan fingerprint density at radius 1 is 1.47 bits per heavy atom. The van der Waals surface area contributed by atoms with Crippen molar-refractivity contribution in [3.05, 3.63) is 23.8 Å². The van der Waals surface area contributed by atoms with Crippen molar-refractivity contribution < 1.29 is 24.5 Å². The van der Waals surface area contributed by atoms with E-state index < -0.39 is 18.7 Å². The van der Waals surface area contributed by atoms with Gasteiger partial charge in [0.25, 0.3) is 0 Å². The molecule has 0 amide bonds. The lowest BCUT2D eigenvalue weighted by molar-refractivity contribution is 0.00931. The number of benzene rings is 1. The van der Waals surface area contributed by atoms with Crippen LogP contribution in [-0.2, 0) is 4.74 Å². The predicted molar refractivity (Wildman–Crippen MR) is 60.8 cm³/mol. The maximum absolute atomic E-state index is 11.6. The molecule has 0 saturated heterocycles. The van der Waals surface area contributed by atoms with E-state index in [-0.39, 0.29) is 12.2 Å². The summed E-state index contributed by atoms with van der Waals surface area (Å²) in [5.74, 6) is -0.192. The van der Waals surface area contributed by atoms with Gasteiger partial charge in [0.15, 0.2) is 0 Å². The van der Waals surface area contributed by atoms with Crippen molar-refractivity contribution in [3.63, 3.8) is 0 Å². The Balaban J connectivity index is 2.71. The second kappa shape index (κ2) is 6.07. The minimum absolute atomic E-state index is 0.229. The Labute approximate surface area is 98.6 Å². The first kappa shape index (κ1) is 13.3. The molecule has 6 heteroatoms. The summed E-state index contributed by atoms with van der Waals surface area (Å²) in [5, 5.41) is 17.6. The summed E-state index contributed by atoms with van der Waals surface area (Å²) in [6, 6.07) is 4.49. The van der Waals surface area contributed by atoms with E-state index in [0.717, 1.165) is 0 Å². The number of nitrogens with two attached hydrogens (primary N) is 1. The first-order valence-corrected chi connectivity index (χ1v) is 4.97. The normalized spacial score (nSPS) is 11.9. The van der Waals surface area contributed by atoms with E-state index in [2.05, 4.69) is 0 Å². The third-order valence-electron chi connectivity index (χ3n) is 2.02. The molecule has 1 atom stereocenters. The highest BCUT2D eigenvalue weighted by molar-refractivity contribution is 5.91. The lowest BCUT2D eigenvalue weighted by Gasteiger charge is -2.09. The second-order valence-electron chi connectivity index (χ2n) is 3.43. The highest BCUT2D eigenvalue weighted by Crippen LogP contribution is 2.19.